The lowest BCUT2D eigenvalue weighted by Gasteiger charge is -2.21. The fraction of sp³-hybridized carbons (Fsp3) is 0.625. The number of aryl methyl sites for hydroxylation is 1. The molecule has 0 fully saturated rings. The van der Waals surface area contributed by atoms with Crippen molar-refractivity contribution in [3.8, 4) is 0 Å². The molecular formula is C16H26N2O3. The zero-order valence-corrected chi connectivity index (χ0v) is 13.6. The molecule has 1 rings (SSSR count). The molecule has 1 amide bonds. The molecule has 1 N–H and O–H groups in total. The number of hydrogen-bond acceptors (Lipinski definition) is 4. The highest BCUT2D eigenvalue weighted by molar-refractivity contribution is 5.68. The van der Waals surface area contributed by atoms with Crippen LogP contribution in [0.5, 0.6) is 0 Å². The monoisotopic (exact) mass is 294 g/mol. The van der Waals surface area contributed by atoms with Gasteiger partial charge in [-0.2, -0.15) is 0 Å². The number of nitrogens with zero attached hydrogens (tertiary/aromatic N) is 1. The quantitative estimate of drug-likeness (QED) is 0.876. The van der Waals surface area contributed by atoms with Crippen LogP contribution in [0.15, 0.2) is 18.3 Å². The van der Waals surface area contributed by atoms with Crippen LogP contribution >= 0.6 is 0 Å². The van der Waals surface area contributed by atoms with Gasteiger partial charge in [0.05, 0.1) is 6.61 Å². The molecule has 1 aromatic rings. The molecular weight excluding hydrogens is 268 g/mol. The molecule has 118 valence electrons. The van der Waals surface area contributed by atoms with Crippen molar-refractivity contribution < 1.29 is 14.3 Å². The average molecular weight is 294 g/mol. The van der Waals surface area contributed by atoms with Crippen LogP contribution in [0.2, 0.25) is 0 Å². The molecule has 1 unspecified atom stereocenters. The molecule has 0 aliphatic rings. The van der Waals surface area contributed by atoms with E-state index in [-0.39, 0.29) is 12.1 Å². The number of ether oxygens (including phenoxy) is 2. The molecule has 0 aliphatic carbocycles. The molecule has 0 bridgehead atoms. The van der Waals surface area contributed by atoms with Gasteiger partial charge in [0.1, 0.15) is 5.60 Å². The highest BCUT2D eigenvalue weighted by Crippen LogP contribution is 2.08. The molecule has 0 radical (unpaired) electrons. The Morgan fingerprint density at radius 2 is 2.10 bits per heavy atom. The van der Waals surface area contributed by atoms with E-state index in [1.807, 2.05) is 46.0 Å². The van der Waals surface area contributed by atoms with Crippen molar-refractivity contribution in [2.75, 3.05) is 7.11 Å². The number of nitrogens with one attached hydrogen (secondary N) is 1. The summed E-state index contributed by atoms with van der Waals surface area (Å²) in [7, 11) is 1.66. The zero-order valence-electron chi connectivity index (χ0n) is 13.6. The van der Waals surface area contributed by atoms with Crippen molar-refractivity contribution in [3.05, 3.63) is 29.6 Å². The SMILES string of the molecule is COCc1ccc(CCC(C)NC(=O)OC(C)(C)C)nc1. The first-order valence-corrected chi connectivity index (χ1v) is 7.22. The molecule has 1 heterocycles. The third kappa shape index (κ3) is 7.66. The second-order valence-corrected chi connectivity index (χ2v) is 6.18. The summed E-state index contributed by atoms with van der Waals surface area (Å²) in [5.74, 6) is 0. The van der Waals surface area contributed by atoms with Crippen LogP contribution < -0.4 is 5.32 Å². The summed E-state index contributed by atoms with van der Waals surface area (Å²) in [5, 5.41) is 2.83. The number of alkyl carbamates (subject to hydrolysis) is 1. The normalized spacial score (nSPS) is 12.8. The Morgan fingerprint density at radius 1 is 1.38 bits per heavy atom. The van der Waals surface area contributed by atoms with Crippen LogP contribution in [-0.4, -0.2) is 29.8 Å². The topological polar surface area (TPSA) is 60.5 Å². The fourth-order valence-electron chi connectivity index (χ4n) is 1.80. The molecule has 5 nitrogen and oxygen atoms in total. The number of aromatic nitrogens is 1. The second-order valence-electron chi connectivity index (χ2n) is 6.18. The third-order valence-corrected chi connectivity index (χ3v) is 2.79. The van der Waals surface area contributed by atoms with Gasteiger partial charge in [-0.05, 0) is 52.2 Å². The van der Waals surface area contributed by atoms with Gasteiger partial charge in [-0.15, -0.1) is 0 Å². The van der Waals surface area contributed by atoms with Gasteiger partial charge in [0.25, 0.3) is 0 Å². The Bertz CT molecular complexity index is 438. The first kappa shape index (κ1) is 17.4. The van der Waals surface area contributed by atoms with Crippen molar-refractivity contribution in [2.45, 2.75) is 58.8 Å². The average Bonchev–Trinajstić information content (AvgIpc) is 2.36. The Morgan fingerprint density at radius 3 is 2.62 bits per heavy atom. The number of hydrogen-bond donors (Lipinski definition) is 1. The summed E-state index contributed by atoms with van der Waals surface area (Å²) in [5.41, 5.74) is 1.59. The Kier molecular flexibility index (Phi) is 6.62. The van der Waals surface area contributed by atoms with E-state index in [0.717, 1.165) is 24.1 Å². The van der Waals surface area contributed by atoms with E-state index in [1.54, 1.807) is 7.11 Å². The summed E-state index contributed by atoms with van der Waals surface area (Å²) >= 11 is 0. The minimum Gasteiger partial charge on any atom is -0.444 e. The standard InChI is InChI=1S/C16H26N2O3/c1-12(18-15(19)21-16(2,3)4)6-8-14-9-7-13(10-17-14)11-20-5/h7,9-10,12H,6,8,11H2,1-5H3,(H,18,19). The van der Waals surface area contributed by atoms with Gasteiger partial charge in [0.15, 0.2) is 0 Å². The lowest BCUT2D eigenvalue weighted by atomic mass is 10.1. The van der Waals surface area contributed by atoms with Gasteiger partial charge >= 0.3 is 6.09 Å². The van der Waals surface area contributed by atoms with Crippen molar-refractivity contribution >= 4 is 6.09 Å². The Hall–Kier alpha value is -1.62. The van der Waals surface area contributed by atoms with E-state index in [9.17, 15) is 4.79 Å². The van der Waals surface area contributed by atoms with Crippen LogP contribution in [0.3, 0.4) is 0 Å². The molecule has 0 spiro atoms. The summed E-state index contributed by atoms with van der Waals surface area (Å²) in [6, 6.07) is 4.05. The number of carbonyl (C=O) groups excluding carboxylic acids is 1. The predicted molar refractivity (Wildman–Crippen MR) is 82.1 cm³/mol. The number of rotatable bonds is 6. The molecule has 0 aromatic carbocycles. The summed E-state index contributed by atoms with van der Waals surface area (Å²) in [6.07, 6.45) is 3.07. The van der Waals surface area contributed by atoms with E-state index in [0.29, 0.717) is 6.61 Å². The maximum atomic E-state index is 11.6. The van der Waals surface area contributed by atoms with Gasteiger partial charge in [0.2, 0.25) is 0 Å². The Balaban J connectivity index is 2.35. The molecule has 0 saturated carbocycles. The summed E-state index contributed by atoms with van der Waals surface area (Å²) in [6.45, 7) is 8.08. The molecule has 5 heteroatoms. The van der Waals surface area contributed by atoms with Crippen LogP contribution in [0.25, 0.3) is 0 Å². The minimum atomic E-state index is -0.470. The maximum absolute atomic E-state index is 11.6. The first-order chi connectivity index (χ1) is 9.80. The lowest BCUT2D eigenvalue weighted by molar-refractivity contribution is 0.0506. The fourth-order valence-corrected chi connectivity index (χ4v) is 1.80. The summed E-state index contributed by atoms with van der Waals surface area (Å²) in [4.78, 5) is 16.0. The highest BCUT2D eigenvalue weighted by atomic mass is 16.6. The van der Waals surface area contributed by atoms with Crippen LogP contribution in [-0.2, 0) is 22.5 Å². The van der Waals surface area contributed by atoms with E-state index >= 15 is 0 Å². The van der Waals surface area contributed by atoms with Gasteiger partial charge in [-0.1, -0.05) is 6.07 Å². The number of pyridine rings is 1. The largest absolute Gasteiger partial charge is 0.444 e. The van der Waals surface area contributed by atoms with Gasteiger partial charge in [-0.25, -0.2) is 4.79 Å². The van der Waals surface area contributed by atoms with Crippen LogP contribution in [0.4, 0.5) is 4.79 Å². The number of methoxy groups -OCH3 is 1. The first-order valence-electron chi connectivity index (χ1n) is 7.22. The van der Waals surface area contributed by atoms with E-state index in [2.05, 4.69) is 10.3 Å². The van der Waals surface area contributed by atoms with Gasteiger partial charge in [0, 0.05) is 25.0 Å². The van der Waals surface area contributed by atoms with Gasteiger partial charge in [-0.3, -0.25) is 4.98 Å². The Labute approximate surface area is 127 Å². The van der Waals surface area contributed by atoms with Gasteiger partial charge < -0.3 is 14.8 Å². The summed E-state index contributed by atoms with van der Waals surface area (Å²) < 4.78 is 10.3. The molecule has 0 aliphatic heterocycles. The number of amides is 1. The maximum Gasteiger partial charge on any atom is 0.407 e. The van der Waals surface area contributed by atoms with E-state index < -0.39 is 5.60 Å². The smallest absolute Gasteiger partial charge is 0.407 e. The van der Waals surface area contributed by atoms with E-state index in [4.69, 9.17) is 9.47 Å². The van der Waals surface area contributed by atoms with Crippen molar-refractivity contribution in [3.63, 3.8) is 0 Å². The van der Waals surface area contributed by atoms with Crippen molar-refractivity contribution in [1.82, 2.24) is 10.3 Å². The van der Waals surface area contributed by atoms with E-state index in [1.165, 1.54) is 0 Å². The molecule has 0 saturated heterocycles. The lowest BCUT2D eigenvalue weighted by Crippen LogP contribution is -2.37. The third-order valence-electron chi connectivity index (χ3n) is 2.79. The highest BCUT2D eigenvalue weighted by Gasteiger charge is 2.17. The number of carbonyl (C=O) groups is 1. The van der Waals surface area contributed by atoms with Crippen LogP contribution in [0, 0.1) is 0 Å². The minimum absolute atomic E-state index is 0.0419. The molecule has 1 atom stereocenters. The second kappa shape index (κ2) is 7.98. The predicted octanol–water partition coefficient (Wildman–Crippen LogP) is 3.07. The molecule has 1 aromatic heterocycles. The zero-order chi connectivity index (χ0) is 15.9. The molecule has 21 heavy (non-hydrogen) atoms. The van der Waals surface area contributed by atoms with Crippen molar-refractivity contribution in [1.29, 1.82) is 0 Å². The van der Waals surface area contributed by atoms with Crippen LogP contribution in [0.1, 0.15) is 45.4 Å². The van der Waals surface area contributed by atoms with Crippen molar-refractivity contribution in [2.24, 2.45) is 0 Å².